The van der Waals surface area contributed by atoms with Gasteiger partial charge in [0.2, 0.25) is 0 Å². The van der Waals surface area contributed by atoms with Crippen molar-refractivity contribution >= 4 is 29.0 Å². The Labute approximate surface area is 145 Å². The zero-order valence-electron chi connectivity index (χ0n) is 13.1. The molecule has 1 heterocycles. The molecule has 1 N–H and O–H groups in total. The summed E-state index contributed by atoms with van der Waals surface area (Å²) in [4.78, 5) is 12.3. The molecular formula is C20H18N2OS. The second kappa shape index (κ2) is 8.13. The Morgan fingerprint density at radius 3 is 2.38 bits per heavy atom. The van der Waals surface area contributed by atoms with E-state index in [1.54, 1.807) is 17.4 Å². The molecule has 0 saturated carbocycles. The molecule has 0 aliphatic rings. The van der Waals surface area contributed by atoms with Gasteiger partial charge in [-0.05, 0) is 46.2 Å². The van der Waals surface area contributed by atoms with E-state index in [2.05, 4.69) is 5.43 Å². The third kappa shape index (κ3) is 4.57. The van der Waals surface area contributed by atoms with Crippen molar-refractivity contribution < 1.29 is 4.79 Å². The molecule has 1 amide bonds. The quantitative estimate of drug-likeness (QED) is 0.532. The molecule has 0 unspecified atom stereocenters. The number of hydrogen-bond donors (Lipinski definition) is 1. The van der Waals surface area contributed by atoms with Crippen molar-refractivity contribution in [1.82, 2.24) is 5.43 Å². The largest absolute Gasteiger partial charge is 0.281 e. The van der Waals surface area contributed by atoms with E-state index in [0.717, 1.165) is 16.8 Å². The van der Waals surface area contributed by atoms with Gasteiger partial charge in [-0.3, -0.25) is 15.2 Å². The molecule has 0 fully saturated rings. The Balaban J connectivity index is 1.73. The van der Waals surface area contributed by atoms with Gasteiger partial charge < -0.3 is 0 Å². The van der Waals surface area contributed by atoms with Crippen LogP contribution < -0.4 is 10.4 Å². The van der Waals surface area contributed by atoms with Gasteiger partial charge in [-0.25, -0.2) is 0 Å². The number of rotatable bonds is 6. The molecule has 0 atom stereocenters. The standard InChI is InChI=1S/C20H18N2OS/c23-20(12-11-18-13-14-24-16-18)21-22(19-9-5-2-6-10-19)15-17-7-3-1-4-8-17/h1-14,16H,15H2,(H,21,23)/b12-11+. The van der Waals surface area contributed by atoms with E-state index in [9.17, 15) is 4.79 Å². The van der Waals surface area contributed by atoms with Crippen LogP contribution in [0.15, 0.2) is 83.6 Å². The van der Waals surface area contributed by atoms with Gasteiger partial charge in [0.05, 0.1) is 12.2 Å². The zero-order chi connectivity index (χ0) is 16.6. The normalized spacial score (nSPS) is 10.7. The molecule has 0 aliphatic carbocycles. The topological polar surface area (TPSA) is 32.3 Å². The Kier molecular flexibility index (Phi) is 5.43. The SMILES string of the molecule is O=C(/C=C/c1ccsc1)NN(Cc1ccccc1)c1ccccc1. The second-order valence-corrected chi connectivity index (χ2v) is 6.05. The minimum Gasteiger partial charge on any atom is -0.281 e. The molecule has 24 heavy (non-hydrogen) atoms. The number of carbonyl (C=O) groups is 1. The van der Waals surface area contributed by atoms with Crippen LogP contribution in [0.2, 0.25) is 0 Å². The number of hydrogen-bond acceptors (Lipinski definition) is 3. The summed E-state index contributed by atoms with van der Waals surface area (Å²) in [6, 6.07) is 21.9. The number of nitrogens with zero attached hydrogens (tertiary/aromatic N) is 1. The minimum atomic E-state index is -0.152. The van der Waals surface area contributed by atoms with Crippen LogP contribution in [-0.4, -0.2) is 5.91 Å². The Morgan fingerprint density at radius 2 is 1.71 bits per heavy atom. The lowest BCUT2D eigenvalue weighted by atomic mass is 10.2. The van der Waals surface area contributed by atoms with E-state index in [-0.39, 0.29) is 5.91 Å². The van der Waals surface area contributed by atoms with Crippen LogP contribution in [0.4, 0.5) is 5.69 Å². The van der Waals surface area contributed by atoms with Crippen molar-refractivity contribution in [2.45, 2.75) is 6.54 Å². The third-order valence-electron chi connectivity index (χ3n) is 3.47. The Hall–Kier alpha value is -2.85. The summed E-state index contributed by atoms with van der Waals surface area (Å²) in [7, 11) is 0. The lowest BCUT2D eigenvalue weighted by Crippen LogP contribution is -2.41. The van der Waals surface area contributed by atoms with E-state index >= 15 is 0 Å². The van der Waals surface area contributed by atoms with Crippen LogP contribution in [0, 0.1) is 0 Å². The molecule has 0 aliphatic heterocycles. The smallest absolute Gasteiger partial charge is 0.262 e. The lowest BCUT2D eigenvalue weighted by Gasteiger charge is -2.25. The van der Waals surface area contributed by atoms with E-state index in [1.165, 1.54) is 0 Å². The molecule has 2 aromatic carbocycles. The summed E-state index contributed by atoms with van der Waals surface area (Å²) in [6.07, 6.45) is 3.38. The maximum absolute atomic E-state index is 12.3. The summed E-state index contributed by atoms with van der Waals surface area (Å²) < 4.78 is 0. The number of amides is 1. The molecule has 3 aromatic rings. The molecule has 0 radical (unpaired) electrons. The maximum Gasteiger partial charge on any atom is 0.262 e. The third-order valence-corrected chi connectivity index (χ3v) is 4.17. The number of anilines is 1. The summed E-state index contributed by atoms with van der Waals surface area (Å²) in [5, 5.41) is 5.85. The highest BCUT2D eigenvalue weighted by atomic mass is 32.1. The van der Waals surface area contributed by atoms with Gasteiger partial charge in [0.25, 0.3) is 5.91 Å². The van der Waals surface area contributed by atoms with Crippen LogP contribution >= 0.6 is 11.3 Å². The van der Waals surface area contributed by atoms with Gasteiger partial charge in [-0.2, -0.15) is 11.3 Å². The fraction of sp³-hybridized carbons (Fsp3) is 0.0500. The number of carbonyl (C=O) groups excluding carboxylic acids is 1. The average Bonchev–Trinajstić information content (AvgIpc) is 3.15. The molecule has 0 saturated heterocycles. The molecule has 3 nitrogen and oxygen atoms in total. The number of hydrazine groups is 1. The van der Waals surface area contributed by atoms with Crippen LogP contribution in [-0.2, 0) is 11.3 Å². The fourth-order valence-corrected chi connectivity index (χ4v) is 2.91. The highest BCUT2D eigenvalue weighted by Gasteiger charge is 2.09. The van der Waals surface area contributed by atoms with Crippen molar-refractivity contribution in [3.8, 4) is 0 Å². The van der Waals surface area contributed by atoms with Gasteiger partial charge in [0.15, 0.2) is 0 Å². The Morgan fingerprint density at radius 1 is 1.00 bits per heavy atom. The average molecular weight is 334 g/mol. The van der Waals surface area contributed by atoms with Crippen LogP contribution in [0.5, 0.6) is 0 Å². The van der Waals surface area contributed by atoms with Gasteiger partial charge in [-0.1, -0.05) is 48.5 Å². The van der Waals surface area contributed by atoms with Crippen LogP contribution in [0.25, 0.3) is 6.08 Å². The summed E-state index contributed by atoms with van der Waals surface area (Å²) in [5.41, 5.74) is 6.06. The molecule has 0 spiro atoms. The molecule has 1 aromatic heterocycles. The van der Waals surface area contributed by atoms with E-state index in [4.69, 9.17) is 0 Å². The van der Waals surface area contributed by atoms with Crippen LogP contribution in [0.3, 0.4) is 0 Å². The highest BCUT2D eigenvalue weighted by Crippen LogP contribution is 2.15. The van der Waals surface area contributed by atoms with Crippen molar-refractivity contribution in [1.29, 1.82) is 0 Å². The number of nitrogens with one attached hydrogen (secondary N) is 1. The van der Waals surface area contributed by atoms with Gasteiger partial charge in [0, 0.05) is 6.08 Å². The first kappa shape index (κ1) is 16.0. The van der Waals surface area contributed by atoms with Crippen molar-refractivity contribution in [2.24, 2.45) is 0 Å². The van der Waals surface area contributed by atoms with Gasteiger partial charge in [-0.15, -0.1) is 0 Å². The van der Waals surface area contributed by atoms with Gasteiger partial charge in [0.1, 0.15) is 0 Å². The first-order chi connectivity index (χ1) is 11.8. The monoisotopic (exact) mass is 334 g/mol. The maximum atomic E-state index is 12.3. The summed E-state index contributed by atoms with van der Waals surface area (Å²) in [6.45, 7) is 0.600. The highest BCUT2D eigenvalue weighted by molar-refractivity contribution is 7.08. The number of thiophene rings is 1. The second-order valence-electron chi connectivity index (χ2n) is 5.27. The first-order valence-corrected chi connectivity index (χ1v) is 8.63. The minimum absolute atomic E-state index is 0.152. The first-order valence-electron chi connectivity index (χ1n) is 7.69. The van der Waals surface area contributed by atoms with Crippen molar-refractivity contribution in [3.63, 3.8) is 0 Å². The molecule has 0 bridgehead atoms. The van der Waals surface area contributed by atoms with Crippen molar-refractivity contribution in [3.05, 3.63) is 94.7 Å². The van der Waals surface area contributed by atoms with E-state index < -0.39 is 0 Å². The van der Waals surface area contributed by atoms with Crippen molar-refractivity contribution in [2.75, 3.05) is 5.01 Å². The molecule has 4 heteroatoms. The van der Waals surface area contributed by atoms with Crippen LogP contribution in [0.1, 0.15) is 11.1 Å². The number of benzene rings is 2. The summed E-state index contributed by atoms with van der Waals surface area (Å²) in [5.74, 6) is -0.152. The fourth-order valence-electron chi connectivity index (χ4n) is 2.28. The summed E-state index contributed by atoms with van der Waals surface area (Å²) >= 11 is 1.61. The lowest BCUT2D eigenvalue weighted by molar-refractivity contribution is -0.116. The number of para-hydroxylation sites is 1. The molecule has 120 valence electrons. The van der Waals surface area contributed by atoms with Gasteiger partial charge >= 0.3 is 0 Å². The van der Waals surface area contributed by atoms with E-state index in [1.807, 2.05) is 88.6 Å². The van der Waals surface area contributed by atoms with E-state index in [0.29, 0.717) is 6.54 Å². The Bertz CT molecular complexity index is 783. The predicted molar refractivity (Wildman–Crippen MR) is 101 cm³/mol. The molecular weight excluding hydrogens is 316 g/mol. The molecule has 3 rings (SSSR count). The predicted octanol–water partition coefficient (Wildman–Crippen LogP) is 4.50. The zero-order valence-corrected chi connectivity index (χ0v) is 13.9.